The Hall–Kier alpha value is -16.3. The van der Waals surface area contributed by atoms with Gasteiger partial charge in [-0.15, -0.1) is 0 Å². The fourth-order valence-corrected chi connectivity index (χ4v) is 11.7. The Morgan fingerprint density at radius 1 is 0.234 bits per heavy atom. The molecule has 0 spiro atoms. The van der Waals surface area contributed by atoms with E-state index < -0.39 is 293 Å². The van der Waals surface area contributed by atoms with Gasteiger partial charge in [0.1, 0.15) is 6.61 Å². The minimum absolute atomic E-state index is 0.0668. The Balaban J connectivity index is 1.67. The predicted molar refractivity (Wildman–Crippen MR) is 348 cm³/mol. The van der Waals surface area contributed by atoms with Crippen molar-refractivity contribution in [3.05, 3.63) is 159 Å². The first-order valence-electron chi connectivity index (χ1n) is 30.0. The zero-order chi connectivity index (χ0) is 82.5. The highest BCUT2D eigenvalue weighted by molar-refractivity contribution is 6.27. The van der Waals surface area contributed by atoms with Gasteiger partial charge in [0, 0.05) is 27.8 Å². The van der Waals surface area contributed by atoms with Crippen LogP contribution in [0.15, 0.2) is 109 Å². The summed E-state index contributed by atoms with van der Waals surface area (Å²) in [5.74, 6) is -82.2. The van der Waals surface area contributed by atoms with Crippen LogP contribution in [0.5, 0.6) is 155 Å². The number of ketones is 5. The number of phenolic OH excluding ortho intramolecular Hbond substituents is 27. The van der Waals surface area contributed by atoms with Crippen LogP contribution in [-0.4, -0.2) is 231 Å². The Morgan fingerprint density at radius 2 is 0.423 bits per heavy atom. The molecule has 28 N–H and O–H groups in total. The molecule has 1 unspecified atom stereocenters. The lowest BCUT2D eigenvalue weighted by molar-refractivity contribution is -0.389. The summed E-state index contributed by atoms with van der Waals surface area (Å²) in [6.07, 6.45) is 0. The van der Waals surface area contributed by atoms with Crippen molar-refractivity contribution in [3.8, 4) is 155 Å². The molecular formula is C69H48O42. The number of Topliss-reactive ketones (excluding diaryl/α,β-unsaturated/α-hetero) is 5. The Labute approximate surface area is 610 Å². The molecular weight excluding hydrogens is 1500 g/mol. The summed E-state index contributed by atoms with van der Waals surface area (Å²) in [5.41, 5.74) is -42.3. The van der Waals surface area contributed by atoms with Gasteiger partial charge in [0.2, 0.25) is 40.1 Å². The maximum Gasteiger partial charge on any atom is 0.341 e. The van der Waals surface area contributed by atoms with E-state index >= 15 is 48.3 Å². The van der Waals surface area contributed by atoms with Crippen molar-refractivity contribution in [1.82, 2.24) is 0 Å². The molecule has 10 rings (SSSR count). The van der Waals surface area contributed by atoms with Gasteiger partial charge in [-0.25, -0.2) is 19.2 Å². The van der Waals surface area contributed by atoms with E-state index in [0.717, 1.165) is 0 Å². The van der Waals surface area contributed by atoms with Crippen LogP contribution in [0.4, 0.5) is 0 Å². The standard InChI is InChI=1S/C69H48O42/c70-29-1-20(2-30(71)47(29)88)56(97)65(19-107-61(102)25-11-39(80)52(93)40(81)12-25)66(106,57(98)21-3-31(72)48(89)32(73)4-21)67(58(99)22-5-33(74)49(90)34(75)6-22,108-62(103)26-13-41(82)53(94)42(83)14-26)68(59(100)23-7-35(76)50(91)36(77)8-23,109-63(104)27-15-43(84)54(95)44(85)16-27)69(111-65,60(101)24-9-37(78)51(92)38(79)10-24)110-64(105)28-17-45(86)55(96)46(87)18-28/h1-18,70-96,106H,19H2/t65-,66-,67-,68-,69?/m0/s1. The Kier molecular flexibility index (Phi) is 18.8. The highest BCUT2D eigenvalue weighted by Gasteiger charge is 2.97. The summed E-state index contributed by atoms with van der Waals surface area (Å²) in [7, 11) is 0. The van der Waals surface area contributed by atoms with Crippen LogP contribution in [-0.2, 0) is 23.7 Å². The van der Waals surface area contributed by atoms with Crippen molar-refractivity contribution in [2.45, 2.75) is 28.2 Å². The average Bonchev–Trinajstić information content (AvgIpc) is 0.634. The van der Waals surface area contributed by atoms with E-state index in [9.17, 15) is 138 Å². The number of rotatable bonds is 19. The maximum absolute atomic E-state index is 18.1. The quantitative estimate of drug-likeness (QED) is 0.0239. The van der Waals surface area contributed by atoms with E-state index in [0.29, 0.717) is 0 Å². The summed E-state index contributed by atoms with van der Waals surface area (Å²) in [6, 6.07) is -2.65. The number of ether oxygens (including phenoxy) is 5. The Morgan fingerprint density at radius 3 is 0.685 bits per heavy atom. The topological polar surface area (TPSA) is 766 Å². The van der Waals surface area contributed by atoms with Crippen LogP contribution >= 0.6 is 0 Å². The average molecular weight is 1550 g/mol. The SMILES string of the molecule is O=C(OC[C@@]1(C(=O)c2cc(O)c(O)c(O)c2)OC(OC(=O)c2cc(O)c(O)c(O)c2)(C(=O)c2cc(O)c(O)c(O)c2)[C@](OC(=O)c2cc(O)c(O)c(O)c2)(C(=O)c2cc(O)c(O)c(O)c2)[C@](OC(=O)c2cc(O)c(O)c(O)c2)(C(=O)c2cc(O)c(O)c(O)c2)[C@]1(O)C(=O)c1cc(O)c(O)c(O)c1)c1cc(O)c(O)c(O)c1. The van der Waals surface area contributed by atoms with Crippen LogP contribution in [0.3, 0.4) is 0 Å². The first-order chi connectivity index (χ1) is 51.7. The molecule has 1 fully saturated rings. The molecule has 111 heavy (non-hydrogen) atoms. The molecule has 1 aliphatic rings. The lowest BCUT2D eigenvalue weighted by Crippen LogP contribution is -2.96. The van der Waals surface area contributed by atoms with Gasteiger partial charge in [0.05, 0.1) is 22.3 Å². The molecule has 576 valence electrons. The number of hydrogen-bond donors (Lipinski definition) is 28. The highest BCUT2D eigenvalue weighted by atomic mass is 16.8. The van der Waals surface area contributed by atoms with E-state index in [4.69, 9.17) is 23.7 Å². The molecule has 42 heteroatoms. The van der Waals surface area contributed by atoms with Crippen molar-refractivity contribution in [3.63, 3.8) is 0 Å². The number of aliphatic hydroxyl groups is 1. The molecule has 9 aromatic rings. The molecule has 0 aromatic heterocycles. The van der Waals surface area contributed by atoms with Crippen LogP contribution < -0.4 is 0 Å². The van der Waals surface area contributed by atoms with E-state index in [1.54, 1.807) is 0 Å². The van der Waals surface area contributed by atoms with Crippen molar-refractivity contribution in [1.29, 1.82) is 0 Å². The van der Waals surface area contributed by atoms with Gasteiger partial charge in [0.25, 0.3) is 11.2 Å². The molecule has 1 heterocycles. The van der Waals surface area contributed by atoms with Crippen molar-refractivity contribution >= 4 is 52.8 Å². The van der Waals surface area contributed by atoms with E-state index in [1.165, 1.54) is 0 Å². The zero-order valence-corrected chi connectivity index (χ0v) is 54.3. The summed E-state index contributed by atoms with van der Waals surface area (Å²) in [6.45, 7) is -3.13. The summed E-state index contributed by atoms with van der Waals surface area (Å²) >= 11 is 0. The first kappa shape index (κ1) is 77.3. The molecule has 9 aromatic carbocycles. The molecule has 5 atom stereocenters. The molecule has 0 radical (unpaired) electrons. The fourth-order valence-electron chi connectivity index (χ4n) is 11.7. The number of carbonyl (C=O) groups excluding carboxylic acids is 9. The van der Waals surface area contributed by atoms with Gasteiger partial charge in [-0.05, 0) is 109 Å². The number of carbonyl (C=O) groups is 9. The Bertz CT molecular complexity index is 5400. The molecule has 1 aliphatic heterocycles. The second-order valence-corrected chi connectivity index (χ2v) is 23.8. The summed E-state index contributed by atoms with van der Waals surface area (Å²) in [4.78, 5) is 153. The molecule has 42 nitrogen and oxygen atoms in total. The third-order valence-corrected chi connectivity index (χ3v) is 17.0. The van der Waals surface area contributed by atoms with Gasteiger partial charge in [0.15, 0.2) is 155 Å². The second-order valence-electron chi connectivity index (χ2n) is 23.8. The van der Waals surface area contributed by atoms with Crippen LogP contribution in [0.25, 0.3) is 0 Å². The maximum atomic E-state index is 18.1. The third-order valence-electron chi connectivity index (χ3n) is 17.0. The van der Waals surface area contributed by atoms with Crippen LogP contribution in [0, 0.1) is 0 Å². The molecule has 0 aliphatic carbocycles. The second kappa shape index (κ2) is 27.0. The van der Waals surface area contributed by atoms with Gasteiger partial charge < -0.3 is 167 Å². The lowest BCUT2D eigenvalue weighted by atomic mass is 9.50. The summed E-state index contributed by atoms with van der Waals surface area (Å²) < 4.78 is 29.9. The van der Waals surface area contributed by atoms with Crippen LogP contribution in [0.2, 0.25) is 0 Å². The highest BCUT2D eigenvalue weighted by Crippen LogP contribution is 2.65. The van der Waals surface area contributed by atoms with Crippen LogP contribution in [0.1, 0.15) is 93.2 Å². The largest absolute Gasteiger partial charge is 0.504 e. The van der Waals surface area contributed by atoms with E-state index in [-0.39, 0.29) is 109 Å². The van der Waals surface area contributed by atoms with E-state index in [1.807, 2.05) is 0 Å². The van der Waals surface area contributed by atoms with Gasteiger partial charge in [-0.3, -0.25) is 24.0 Å². The van der Waals surface area contributed by atoms with Gasteiger partial charge in [-0.2, -0.15) is 0 Å². The predicted octanol–water partition coefficient (Wildman–Crippen LogP) is 2.55. The molecule has 0 amide bonds. The lowest BCUT2D eigenvalue weighted by Gasteiger charge is -2.65. The smallest absolute Gasteiger partial charge is 0.341 e. The van der Waals surface area contributed by atoms with Crippen molar-refractivity contribution in [2.75, 3.05) is 6.61 Å². The summed E-state index contributed by atoms with van der Waals surface area (Å²) in [5, 5.41) is 315. The monoisotopic (exact) mass is 1550 g/mol. The third kappa shape index (κ3) is 12.0. The zero-order valence-electron chi connectivity index (χ0n) is 54.3. The number of aromatic hydroxyl groups is 27. The van der Waals surface area contributed by atoms with Gasteiger partial charge >= 0.3 is 29.7 Å². The van der Waals surface area contributed by atoms with Crippen molar-refractivity contribution < 1.29 is 210 Å². The number of esters is 4. The van der Waals surface area contributed by atoms with E-state index in [2.05, 4.69) is 0 Å². The van der Waals surface area contributed by atoms with Crippen molar-refractivity contribution in [2.24, 2.45) is 0 Å². The number of phenols is 27. The molecule has 0 saturated carbocycles. The molecule has 1 saturated heterocycles. The number of hydrogen-bond acceptors (Lipinski definition) is 42. The normalized spacial score (nSPS) is 18.5. The first-order valence-corrected chi connectivity index (χ1v) is 30.0. The molecule has 0 bridgehead atoms. The van der Waals surface area contributed by atoms with Gasteiger partial charge in [-0.1, -0.05) is 0 Å². The fraction of sp³-hybridized carbons (Fsp3) is 0.0870. The minimum Gasteiger partial charge on any atom is -0.504 e. The number of benzene rings is 9. The minimum atomic E-state index is -6.49.